The third-order valence-electron chi connectivity index (χ3n) is 7.52. The van der Waals surface area contributed by atoms with E-state index in [0.717, 1.165) is 24.0 Å². The summed E-state index contributed by atoms with van der Waals surface area (Å²) >= 11 is 0. The third-order valence-corrected chi connectivity index (χ3v) is 7.52. The van der Waals surface area contributed by atoms with Gasteiger partial charge in [0.1, 0.15) is 12.4 Å². The van der Waals surface area contributed by atoms with Crippen LogP contribution in [-0.2, 0) is 21.5 Å². The standard InChI is InChI=1S/C28H34FN3O2/c1-21(2)28(20-30,23-9-4-3-5-10-23)17-7-6-12-26(33)32(18-8-11-25(32)27(31)34)19-22-13-15-24(29)16-14-22/h3-5,9-10,13-16,21,25H,6-8,11-12,17-19H2,1-2H3,(H-,31,34)/p+1/t25?,28-,32+/m0/s1. The maximum atomic E-state index is 13.6. The van der Waals surface area contributed by atoms with Crippen LogP contribution in [-0.4, -0.2) is 28.9 Å². The van der Waals surface area contributed by atoms with Gasteiger partial charge in [0.05, 0.1) is 24.4 Å². The van der Waals surface area contributed by atoms with E-state index in [-0.39, 0.29) is 22.1 Å². The number of hydrogen-bond acceptors (Lipinski definition) is 3. The van der Waals surface area contributed by atoms with Gasteiger partial charge in [0.2, 0.25) is 0 Å². The molecule has 0 saturated carbocycles. The number of quaternary nitrogens is 1. The summed E-state index contributed by atoms with van der Waals surface area (Å²) in [5, 5.41) is 10.1. The Hall–Kier alpha value is -3.04. The number of carbonyl (C=O) groups excluding carboxylic acids is 2. The van der Waals surface area contributed by atoms with Crippen LogP contribution in [0.1, 0.15) is 63.5 Å². The molecule has 1 aliphatic heterocycles. The molecule has 2 amide bonds. The van der Waals surface area contributed by atoms with Crippen LogP contribution in [0.15, 0.2) is 54.6 Å². The molecule has 0 spiro atoms. The second-order valence-corrected chi connectivity index (χ2v) is 9.81. The Labute approximate surface area is 202 Å². The summed E-state index contributed by atoms with van der Waals surface area (Å²) in [6.45, 7) is 5.02. The van der Waals surface area contributed by atoms with E-state index in [2.05, 4.69) is 19.9 Å². The van der Waals surface area contributed by atoms with Gasteiger partial charge in [0.15, 0.2) is 6.04 Å². The molecule has 2 N–H and O–H groups in total. The molecule has 3 rings (SSSR count). The van der Waals surface area contributed by atoms with Gasteiger partial charge in [-0.3, -0.25) is 4.79 Å². The molecular weight excluding hydrogens is 429 g/mol. The average Bonchev–Trinajstić information content (AvgIpc) is 3.26. The van der Waals surface area contributed by atoms with Crippen molar-refractivity contribution in [1.29, 1.82) is 5.26 Å². The maximum Gasteiger partial charge on any atom is 0.314 e. The number of nitrogens with zero attached hydrogens (tertiary/aromatic N) is 2. The van der Waals surface area contributed by atoms with E-state index in [4.69, 9.17) is 5.73 Å². The molecule has 0 bridgehead atoms. The Morgan fingerprint density at radius 3 is 2.41 bits per heavy atom. The third kappa shape index (κ3) is 5.20. The monoisotopic (exact) mass is 464 g/mol. The fourth-order valence-electron chi connectivity index (χ4n) is 5.50. The molecule has 1 unspecified atom stereocenters. The number of unbranched alkanes of at least 4 members (excludes halogenated alkanes) is 1. The van der Waals surface area contributed by atoms with Crippen molar-refractivity contribution >= 4 is 11.8 Å². The molecule has 34 heavy (non-hydrogen) atoms. The average molecular weight is 465 g/mol. The van der Waals surface area contributed by atoms with Gasteiger partial charge in [-0.25, -0.2) is 13.7 Å². The fraction of sp³-hybridized carbons (Fsp3) is 0.464. The zero-order chi connectivity index (χ0) is 24.8. The number of halogens is 1. The van der Waals surface area contributed by atoms with Gasteiger partial charge in [-0.2, -0.15) is 5.26 Å². The van der Waals surface area contributed by atoms with Crippen LogP contribution in [0.2, 0.25) is 0 Å². The number of nitriles is 1. The van der Waals surface area contributed by atoms with E-state index in [1.54, 1.807) is 12.1 Å². The van der Waals surface area contributed by atoms with Gasteiger partial charge in [-0.15, -0.1) is 0 Å². The lowest BCUT2D eigenvalue weighted by atomic mass is 9.69. The summed E-state index contributed by atoms with van der Waals surface area (Å²) in [4.78, 5) is 25.8. The lowest BCUT2D eigenvalue weighted by Gasteiger charge is -2.36. The second kappa shape index (κ2) is 10.9. The molecule has 3 atom stereocenters. The van der Waals surface area contributed by atoms with E-state index in [1.807, 2.05) is 30.3 Å². The first-order chi connectivity index (χ1) is 16.2. The van der Waals surface area contributed by atoms with Gasteiger partial charge >= 0.3 is 5.91 Å². The number of nitrogens with two attached hydrogens (primary N) is 1. The minimum atomic E-state index is -0.603. The Morgan fingerprint density at radius 1 is 1.15 bits per heavy atom. The van der Waals surface area contributed by atoms with E-state index in [1.165, 1.54) is 12.1 Å². The summed E-state index contributed by atoms with van der Waals surface area (Å²) in [6, 6.07) is 17.9. The van der Waals surface area contributed by atoms with E-state index >= 15 is 0 Å². The van der Waals surface area contributed by atoms with Crippen LogP contribution in [0.5, 0.6) is 0 Å². The summed E-state index contributed by atoms with van der Waals surface area (Å²) in [7, 11) is 0. The van der Waals surface area contributed by atoms with Crippen molar-refractivity contribution < 1.29 is 18.5 Å². The van der Waals surface area contributed by atoms with Crippen LogP contribution >= 0.6 is 0 Å². The summed E-state index contributed by atoms with van der Waals surface area (Å²) in [5.74, 6) is -0.665. The molecule has 5 nitrogen and oxygen atoms in total. The van der Waals surface area contributed by atoms with Crippen molar-refractivity contribution in [2.75, 3.05) is 6.54 Å². The predicted octanol–water partition coefficient (Wildman–Crippen LogP) is 4.99. The van der Waals surface area contributed by atoms with E-state index in [0.29, 0.717) is 38.8 Å². The summed E-state index contributed by atoms with van der Waals surface area (Å²) in [6.07, 6.45) is 3.68. The number of likely N-dealkylation sites (tertiary alicyclic amines) is 1. The summed E-state index contributed by atoms with van der Waals surface area (Å²) < 4.78 is 13.4. The molecule has 0 aromatic heterocycles. The molecule has 6 heteroatoms. The molecule has 2 aromatic carbocycles. The van der Waals surface area contributed by atoms with Gasteiger partial charge in [-0.1, -0.05) is 62.7 Å². The lowest BCUT2D eigenvalue weighted by molar-refractivity contribution is -0.871. The number of hydrogen-bond donors (Lipinski definition) is 1. The SMILES string of the molecule is CC(C)[C@@](C#N)(CCCCC(=O)[N@@+]1(Cc2ccc(F)cc2)CCCC1C(N)=O)c1ccccc1. The van der Waals surface area contributed by atoms with Crippen LogP contribution < -0.4 is 5.73 Å². The zero-order valence-electron chi connectivity index (χ0n) is 20.2. The fourth-order valence-corrected chi connectivity index (χ4v) is 5.50. The van der Waals surface area contributed by atoms with Crippen molar-refractivity contribution in [3.63, 3.8) is 0 Å². The Morgan fingerprint density at radius 2 is 1.82 bits per heavy atom. The lowest BCUT2D eigenvalue weighted by Crippen LogP contribution is -2.59. The van der Waals surface area contributed by atoms with Gasteiger partial charge < -0.3 is 5.73 Å². The molecule has 1 heterocycles. The number of rotatable bonds is 10. The second-order valence-electron chi connectivity index (χ2n) is 9.81. The minimum Gasteiger partial charge on any atom is -0.364 e. The predicted molar refractivity (Wildman–Crippen MR) is 129 cm³/mol. The van der Waals surface area contributed by atoms with E-state index < -0.39 is 17.4 Å². The Balaban J connectivity index is 1.73. The van der Waals surface area contributed by atoms with Gasteiger partial charge in [-0.05, 0) is 36.5 Å². The molecule has 0 aliphatic carbocycles. The van der Waals surface area contributed by atoms with Crippen molar-refractivity contribution in [1.82, 2.24) is 0 Å². The van der Waals surface area contributed by atoms with Crippen LogP contribution in [0.4, 0.5) is 4.39 Å². The first kappa shape index (κ1) is 25.6. The highest BCUT2D eigenvalue weighted by Crippen LogP contribution is 2.37. The van der Waals surface area contributed by atoms with Gasteiger partial charge in [0.25, 0.3) is 5.91 Å². The maximum absolute atomic E-state index is 13.6. The molecular formula is C28H35FN3O2+. The molecule has 180 valence electrons. The molecule has 1 fully saturated rings. The normalized spacial score (nSPS) is 21.7. The highest BCUT2D eigenvalue weighted by molar-refractivity contribution is 5.82. The Kier molecular flexibility index (Phi) is 8.22. The quantitative estimate of drug-likeness (QED) is 0.397. The molecule has 0 radical (unpaired) electrons. The number of primary amides is 1. The largest absolute Gasteiger partial charge is 0.364 e. The summed E-state index contributed by atoms with van der Waals surface area (Å²) in [5.41, 5.74) is 6.93. The highest BCUT2D eigenvalue weighted by atomic mass is 19.1. The van der Waals surface area contributed by atoms with Crippen molar-refractivity contribution in [2.45, 2.75) is 70.4 Å². The highest BCUT2D eigenvalue weighted by Gasteiger charge is 2.50. The van der Waals surface area contributed by atoms with Crippen LogP contribution in [0.3, 0.4) is 0 Å². The minimum absolute atomic E-state index is 0.00237. The number of benzene rings is 2. The first-order valence-electron chi connectivity index (χ1n) is 12.2. The molecule has 1 saturated heterocycles. The van der Waals surface area contributed by atoms with E-state index in [9.17, 15) is 19.2 Å². The number of carbonyl (C=O) groups is 2. The molecule has 1 aliphatic rings. The zero-order valence-corrected chi connectivity index (χ0v) is 20.2. The van der Waals surface area contributed by atoms with Crippen LogP contribution in [0.25, 0.3) is 0 Å². The number of amides is 2. The molecule has 2 aromatic rings. The topological polar surface area (TPSA) is 83.9 Å². The van der Waals surface area contributed by atoms with Crippen LogP contribution in [0, 0.1) is 23.1 Å². The Bertz CT molecular complexity index is 1030. The van der Waals surface area contributed by atoms with Crippen molar-refractivity contribution in [3.8, 4) is 6.07 Å². The first-order valence-corrected chi connectivity index (χ1v) is 12.2. The van der Waals surface area contributed by atoms with Gasteiger partial charge in [0, 0.05) is 18.4 Å². The van der Waals surface area contributed by atoms with Crippen molar-refractivity contribution in [3.05, 3.63) is 71.5 Å². The smallest absolute Gasteiger partial charge is 0.314 e. The van der Waals surface area contributed by atoms with Crippen molar-refractivity contribution in [2.24, 2.45) is 11.7 Å².